The number of aliphatic imine (C=N–C) groups is 1. The van der Waals surface area contributed by atoms with E-state index in [2.05, 4.69) is 28.9 Å². The minimum absolute atomic E-state index is 0.0122. The summed E-state index contributed by atoms with van der Waals surface area (Å²) in [5.74, 6) is -1.12. The van der Waals surface area contributed by atoms with Crippen LogP contribution >= 0.6 is 0 Å². The van der Waals surface area contributed by atoms with Crippen LogP contribution in [0.1, 0.15) is 93.8 Å². The van der Waals surface area contributed by atoms with Crippen LogP contribution in [0.4, 0.5) is 17.6 Å². The monoisotopic (exact) mass is 592 g/mol. The Hall–Kier alpha value is -3.44. The number of hydrogen-bond acceptors (Lipinski definition) is 6. The number of halogens is 4. The number of likely N-dealkylation sites (tertiary alicyclic amines) is 1. The van der Waals surface area contributed by atoms with Crippen molar-refractivity contribution in [2.24, 2.45) is 10.9 Å². The first-order chi connectivity index (χ1) is 19.9. The lowest BCUT2D eigenvalue weighted by molar-refractivity contribution is -0.140. The van der Waals surface area contributed by atoms with E-state index in [0.29, 0.717) is 57.2 Å². The van der Waals surface area contributed by atoms with Crippen molar-refractivity contribution < 1.29 is 27.1 Å². The molecule has 0 radical (unpaired) electrons. The largest absolute Gasteiger partial charge is 0.472 e. The Labute approximate surface area is 244 Å². The first-order valence-electron chi connectivity index (χ1n) is 14.6. The van der Waals surface area contributed by atoms with Crippen LogP contribution in [-0.2, 0) is 11.0 Å². The predicted molar refractivity (Wildman–Crippen MR) is 153 cm³/mol. The van der Waals surface area contributed by atoms with Crippen molar-refractivity contribution in [1.29, 1.82) is 0 Å². The van der Waals surface area contributed by atoms with Crippen LogP contribution in [0.25, 0.3) is 6.08 Å². The van der Waals surface area contributed by atoms with Gasteiger partial charge in [-0.05, 0) is 70.7 Å². The predicted octanol–water partition coefficient (Wildman–Crippen LogP) is 6.28. The Kier molecular flexibility index (Phi) is 9.93. The average Bonchev–Trinajstić information content (AvgIpc) is 3.28. The molecule has 12 heteroatoms. The van der Waals surface area contributed by atoms with Gasteiger partial charge in [-0.15, -0.1) is 0 Å². The highest BCUT2D eigenvalue weighted by Crippen LogP contribution is 2.38. The zero-order valence-electron chi connectivity index (χ0n) is 24.7. The summed E-state index contributed by atoms with van der Waals surface area (Å²) in [6, 6.07) is 0.621. The van der Waals surface area contributed by atoms with Crippen molar-refractivity contribution in [3.63, 3.8) is 0 Å². The standard InChI is InChI=1S/C30H40F4N6O2/c1-6-36-25(35-5)17-24-19(4)27(20-12-15-39(16-13-20)29(41)18(2)3)38-40(24)21-7-9-22(10-8-21)42-28-26(31)23(11-14-37-28)30(32,33)34/h11,14,17-18,20-22,36H,5-10,12-13,15-16H2,1-4H3/b25-17+. The summed E-state index contributed by atoms with van der Waals surface area (Å²) >= 11 is 0. The van der Waals surface area contributed by atoms with E-state index >= 15 is 0 Å². The highest BCUT2D eigenvalue weighted by Gasteiger charge is 2.37. The molecule has 1 saturated carbocycles. The number of hydrogen-bond donors (Lipinski definition) is 1. The Morgan fingerprint density at radius 1 is 1.21 bits per heavy atom. The molecule has 0 unspecified atom stereocenters. The van der Waals surface area contributed by atoms with E-state index in [-0.39, 0.29) is 23.8 Å². The molecule has 2 fully saturated rings. The number of nitrogens with zero attached hydrogens (tertiary/aromatic N) is 5. The fourth-order valence-electron chi connectivity index (χ4n) is 5.88. The topological polar surface area (TPSA) is 84.6 Å². The molecule has 2 aromatic rings. The van der Waals surface area contributed by atoms with Gasteiger partial charge in [0.05, 0.1) is 23.0 Å². The maximum atomic E-state index is 14.5. The minimum Gasteiger partial charge on any atom is -0.472 e. The molecule has 1 amide bonds. The van der Waals surface area contributed by atoms with Gasteiger partial charge in [0, 0.05) is 43.7 Å². The number of amides is 1. The van der Waals surface area contributed by atoms with Gasteiger partial charge >= 0.3 is 6.18 Å². The molecule has 0 aromatic carbocycles. The molecule has 3 heterocycles. The third-order valence-corrected chi connectivity index (χ3v) is 8.15. The van der Waals surface area contributed by atoms with E-state index in [4.69, 9.17) is 9.84 Å². The van der Waals surface area contributed by atoms with Gasteiger partial charge in [-0.3, -0.25) is 9.48 Å². The maximum absolute atomic E-state index is 14.5. The number of rotatable bonds is 9. The van der Waals surface area contributed by atoms with Gasteiger partial charge in [0.2, 0.25) is 5.91 Å². The summed E-state index contributed by atoms with van der Waals surface area (Å²) in [6.45, 7) is 13.6. The smallest absolute Gasteiger partial charge is 0.419 e. The quantitative estimate of drug-likeness (QED) is 0.274. The molecule has 8 nitrogen and oxygen atoms in total. The second-order valence-corrected chi connectivity index (χ2v) is 11.3. The van der Waals surface area contributed by atoms with Gasteiger partial charge in [-0.1, -0.05) is 13.8 Å². The number of piperidine rings is 1. The van der Waals surface area contributed by atoms with Crippen LogP contribution < -0.4 is 10.1 Å². The summed E-state index contributed by atoms with van der Waals surface area (Å²) in [4.78, 5) is 22.3. The van der Waals surface area contributed by atoms with Crippen molar-refractivity contribution in [3.05, 3.63) is 46.4 Å². The van der Waals surface area contributed by atoms with E-state index in [9.17, 15) is 22.4 Å². The van der Waals surface area contributed by atoms with Crippen molar-refractivity contribution in [2.75, 3.05) is 19.6 Å². The number of carbonyl (C=O) groups is 1. The molecule has 2 aromatic heterocycles. The number of aromatic nitrogens is 3. The fraction of sp³-hybridized carbons (Fsp3) is 0.600. The van der Waals surface area contributed by atoms with E-state index in [1.54, 1.807) is 0 Å². The van der Waals surface area contributed by atoms with Gasteiger partial charge in [0.15, 0.2) is 5.82 Å². The molecule has 230 valence electrons. The molecule has 1 aliphatic heterocycles. The lowest BCUT2D eigenvalue weighted by Gasteiger charge is -2.32. The van der Waals surface area contributed by atoms with Crippen LogP contribution in [0.2, 0.25) is 0 Å². The van der Waals surface area contributed by atoms with E-state index in [1.807, 2.05) is 36.4 Å². The number of nitrogens with one attached hydrogen (secondary N) is 1. The Morgan fingerprint density at radius 3 is 2.45 bits per heavy atom. The van der Waals surface area contributed by atoms with Gasteiger partial charge in [-0.2, -0.15) is 18.3 Å². The van der Waals surface area contributed by atoms with Crippen molar-refractivity contribution in [2.45, 2.75) is 90.5 Å². The molecule has 1 N–H and O–H groups in total. The minimum atomic E-state index is -4.82. The Balaban J connectivity index is 1.53. The molecular weight excluding hydrogens is 552 g/mol. The Bertz CT molecular complexity index is 1290. The number of carbonyl (C=O) groups excluding carboxylic acids is 1. The SMILES string of the molecule is C=N/C(=C\c1c(C)c(C2CCN(C(=O)C(C)C)CC2)nn1C1CCC(Oc2nccc(C(F)(F)F)c2F)CC1)NCC. The van der Waals surface area contributed by atoms with E-state index in [1.165, 1.54) is 0 Å². The molecule has 1 saturated heterocycles. The van der Waals surface area contributed by atoms with Crippen molar-refractivity contribution >= 4 is 18.7 Å². The summed E-state index contributed by atoms with van der Waals surface area (Å²) in [7, 11) is 0. The molecule has 0 atom stereocenters. The molecular formula is C30H40F4N6O2. The zero-order valence-corrected chi connectivity index (χ0v) is 24.7. The summed E-state index contributed by atoms with van der Waals surface area (Å²) in [5, 5.41) is 8.33. The fourth-order valence-corrected chi connectivity index (χ4v) is 5.88. The van der Waals surface area contributed by atoms with Gasteiger partial charge in [0.1, 0.15) is 11.9 Å². The van der Waals surface area contributed by atoms with E-state index in [0.717, 1.165) is 36.0 Å². The maximum Gasteiger partial charge on any atom is 0.419 e. The normalized spacial score (nSPS) is 20.6. The third-order valence-electron chi connectivity index (χ3n) is 8.15. The first kappa shape index (κ1) is 31.5. The highest BCUT2D eigenvalue weighted by molar-refractivity contribution is 5.78. The second kappa shape index (κ2) is 13.2. The second-order valence-electron chi connectivity index (χ2n) is 11.3. The molecule has 0 bridgehead atoms. The molecule has 0 spiro atoms. The average molecular weight is 593 g/mol. The summed E-state index contributed by atoms with van der Waals surface area (Å²) < 4.78 is 61.6. The lowest BCUT2D eigenvalue weighted by atomic mass is 9.90. The van der Waals surface area contributed by atoms with E-state index < -0.39 is 29.5 Å². The van der Waals surface area contributed by atoms with Gasteiger partial charge < -0.3 is 15.0 Å². The number of pyridine rings is 1. The summed E-state index contributed by atoms with van der Waals surface area (Å²) in [5.41, 5.74) is 1.59. The zero-order chi connectivity index (χ0) is 30.6. The van der Waals surface area contributed by atoms with Crippen LogP contribution in [0.5, 0.6) is 5.88 Å². The first-order valence-corrected chi connectivity index (χ1v) is 14.6. The number of ether oxygens (including phenoxy) is 1. The Morgan fingerprint density at radius 2 is 1.88 bits per heavy atom. The molecule has 4 rings (SSSR count). The van der Waals surface area contributed by atoms with Crippen molar-refractivity contribution in [1.82, 2.24) is 25.0 Å². The van der Waals surface area contributed by atoms with Crippen LogP contribution in [0.3, 0.4) is 0 Å². The molecule has 1 aliphatic carbocycles. The molecule has 2 aliphatic rings. The van der Waals surface area contributed by atoms with Crippen LogP contribution in [-0.4, -0.2) is 58.0 Å². The van der Waals surface area contributed by atoms with Gasteiger partial charge in [0.25, 0.3) is 5.88 Å². The lowest BCUT2D eigenvalue weighted by Crippen LogP contribution is -2.40. The van der Waals surface area contributed by atoms with Crippen molar-refractivity contribution in [3.8, 4) is 5.88 Å². The summed E-state index contributed by atoms with van der Waals surface area (Å²) in [6.07, 6.45) is 1.54. The number of alkyl halides is 3. The third kappa shape index (κ3) is 6.95. The molecule has 42 heavy (non-hydrogen) atoms. The van der Waals surface area contributed by atoms with Crippen LogP contribution in [0.15, 0.2) is 23.1 Å². The highest BCUT2D eigenvalue weighted by atomic mass is 19.4. The van der Waals surface area contributed by atoms with Gasteiger partial charge in [-0.25, -0.2) is 14.4 Å². The van der Waals surface area contributed by atoms with Crippen LogP contribution in [0, 0.1) is 18.7 Å².